The van der Waals surface area contributed by atoms with E-state index in [9.17, 15) is 9.59 Å². The fourth-order valence-corrected chi connectivity index (χ4v) is 2.28. The fourth-order valence-electron chi connectivity index (χ4n) is 2.03. The van der Waals surface area contributed by atoms with Crippen molar-refractivity contribution in [1.29, 1.82) is 0 Å². The first-order valence-corrected chi connectivity index (χ1v) is 8.51. The Bertz CT molecular complexity index is 821. The molecule has 2 N–H and O–H groups in total. The summed E-state index contributed by atoms with van der Waals surface area (Å²) in [5.41, 5.74) is 4.28. The Kier molecular flexibility index (Phi) is 7.17. The van der Waals surface area contributed by atoms with Gasteiger partial charge in [-0.25, -0.2) is 5.43 Å². The van der Waals surface area contributed by atoms with Crippen LogP contribution in [0.15, 0.2) is 47.6 Å². The van der Waals surface area contributed by atoms with E-state index >= 15 is 0 Å². The molecule has 0 heterocycles. The summed E-state index contributed by atoms with van der Waals surface area (Å²) in [4.78, 5) is 23.7. The van der Waals surface area contributed by atoms with Gasteiger partial charge in [0.1, 0.15) is 5.75 Å². The van der Waals surface area contributed by atoms with Crippen LogP contribution in [-0.4, -0.2) is 24.6 Å². The number of carbonyl (C=O) groups is 2. The Morgan fingerprint density at radius 1 is 1.19 bits per heavy atom. The predicted molar refractivity (Wildman–Crippen MR) is 103 cm³/mol. The molecule has 26 heavy (non-hydrogen) atoms. The van der Waals surface area contributed by atoms with Gasteiger partial charge in [-0.2, -0.15) is 5.10 Å². The van der Waals surface area contributed by atoms with Gasteiger partial charge in [-0.15, -0.1) is 0 Å². The van der Waals surface area contributed by atoms with Gasteiger partial charge in [0.15, 0.2) is 0 Å². The minimum atomic E-state index is -0.863. The summed E-state index contributed by atoms with van der Waals surface area (Å²) < 4.78 is 5.48. The van der Waals surface area contributed by atoms with Crippen LogP contribution in [-0.2, 0) is 9.59 Å². The smallest absolute Gasteiger partial charge is 0.329 e. The molecule has 2 aromatic carbocycles. The van der Waals surface area contributed by atoms with Crippen LogP contribution < -0.4 is 15.5 Å². The number of hydrogen-bond donors (Lipinski definition) is 2. The third-order valence-corrected chi connectivity index (χ3v) is 3.69. The number of nitrogens with zero attached hydrogens (tertiary/aromatic N) is 1. The summed E-state index contributed by atoms with van der Waals surface area (Å²) in [6.07, 6.45) is 2.28. The lowest BCUT2D eigenvalue weighted by atomic mass is 10.2. The maximum Gasteiger partial charge on any atom is 0.329 e. The molecule has 2 rings (SSSR count). The van der Waals surface area contributed by atoms with Crippen molar-refractivity contribution in [2.75, 3.05) is 11.9 Å². The maximum atomic E-state index is 11.9. The first-order chi connectivity index (χ1) is 12.5. The Hall–Kier alpha value is -2.86. The summed E-state index contributed by atoms with van der Waals surface area (Å²) >= 11 is 6.12. The van der Waals surface area contributed by atoms with Gasteiger partial charge >= 0.3 is 11.8 Å². The lowest BCUT2D eigenvalue weighted by Gasteiger charge is -2.07. The van der Waals surface area contributed by atoms with Crippen molar-refractivity contribution in [3.63, 3.8) is 0 Å². The quantitative estimate of drug-likeness (QED) is 0.462. The summed E-state index contributed by atoms with van der Waals surface area (Å²) in [6, 6.07) is 12.3. The highest BCUT2D eigenvalue weighted by atomic mass is 35.5. The third kappa shape index (κ3) is 5.60. The van der Waals surface area contributed by atoms with Gasteiger partial charge in [-0.1, -0.05) is 36.7 Å². The zero-order chi connectivity index (χ0) is 18.9. The molecule has 0 radical (unpaired) electrons. The normalized spacial score (nSPS) is 10.6. The van der Waals surface area contributed by atoms with E-state index in [0.29, 0.717) is 28.6 Å². The minimum Gasteiger partial charge on any atom is -0.492 e. The number of nitrogens with one attached hydrogen (secondary N) is 2. The molecule has 7 heteroatoms. The number of amides is 2. The molecule has 2 aromatic rings. The molecule has 0 aliphatic rings. The molecule has 0 atom stereocenters. The van der Waals surface area contributed by atoms with Gasteiger partial charge in [-0.05, 0) is 48.7 Å². The van der Waals surface area contributed by atoms with Gasteiger partial charge in [0.05, 0.1) is 17.8 Å². The average Bonchev–Trinajstić information content (AvgIpc) is 2.62. The van der Waals surface area contributed by atoms with Crippen molar-refractivity contribution >= 4 is 35.3 Å². The number of aryl methyl sites for hydroxylation is 1. The van der Waals surface area contributed by atoms with Crippen LogP contribution in [0, 0.1) is 6.92 Å². The summed E-state index contributed by atoms with van der Waals surface area (Å²) in [6.45, 7) is 4.43. The molecule has 136 valence electrons. The van der Waals surface area contributed by atoms with E-state index < -0.39 is 11.8 Å². The lowest BCUT2D eigenvalue weighted by molar-refractivity contribution is -0.136. The van der Waals surface area contributed by atoms with E-state index in [1.54, 1.807) is 30.3 Å². The highest BCUT2D eigenvalue weighted by Gasteiger charge is 2.13. The van der Waals surface area contributed by atoms with Crippen LogP contribution in [0.3, 0.4) is 0 Å². The number of carbonyl (C=O) groups excluding carboxylic acids is 2. The number of ether oxygens (including phenoxy) is 1. The van der Waals surface area contributed by atoms with Crippen molar-refractivity contribution in [1.82, 2.24) is 5.43 Å². The topological polar surface area (TPSA) is 79.8 Å². The molecule has 0 aliphatic carbocycles. The summed E-state index contributed by atoms with van der Waals surface area (Å²) in [7, 11) is 0. The highest BCUT2D eigenvalue weighted by Crippen LogP contribution is 2.25. The van der Waals surface area contributed by atoms with E-state index in [-0.39, 0.29) is 0 Å². The second kappa shape index (κ2) is 9.58. The van der Waals surface area contributed by atoms with Gasteiger partial charge < -0.3 is 10.1 Å². The van der Waals surface area contributed by atoms with E-state index in [4.69, 9.17) is 16.3 Å². The molecular formula is C19H20ClN3O3. The van der Waals surface area contributed by atoms with Gasteiger partial charge in [-0.3, -0.25) is 9.59 Å². The minimum absolute atomic E-state index is 0.450. The number of para-hydroxylation sites is 1. The van der Waals surface area contributed by atoms with Crippen molar-refractivity contribution in [2.45, 2.75) is 20.3 Å². The van der Waals surface area contributed by atoms with Crippen LogP contribution >= 0.6 is 11.6 Å². The van der Waals surface area contributed by atoms with E-state index in [2.05, 4.69) is 15.8 Å². The zero-order valence-corrected chi connectivity index (χ0v) is 15.3. The summed E-state index contributed by atoms with van der Waals surface area (Å²) in [5.74, 6) is -1.07. The average molecular weight is 374 g/mol. The van der Waals surface area contributed by atoms with Crippen LogP contribution in [0.25, 0.3) is 0 Å². The number of rotatable bonds is 6. The molecule has 0 spiro atoms. The van der Waals surface area contributed by atoms with Crippen molar-refractivity contribution in [2.24, 2.45) is 5.10 Å². The Balaban J connectivity index is 1.91. The molecule has 0 bridgehead atoms. The van der Waals surface area contributed by atoms with Crippen LogP contribution in [0.4, 0.5) is 5.69 Å². The maximum absolute atomic E-state index is 11.9. The SMILES string of the molecule is CCCOc1ccc(/C=N\NC(=O)C(=O)Nc2ccccc2C)cc1Cl. The Labute approximate surface area is 157 Å². The van der Waals surface area contributed by atoms with Crippen LogP contribution in [0.2, 0.25) is 5.02 Å². The molecule has 0 fully saturated rings. The predicted octanol–water partition coefficient (Wildman–Crippen LogP) is 3.53. The van der Waals surface area contributed by atoms with Gasteiger partial charge in [0, 0.05) is 5.69 Å². The molecular weight excluding hydrogens is 354 g/mol. The first-order valence-electron chi connectivity index (χ1n) is 8.13. The Morgan fingerprint density at radius 3 is 2.65 bits per heavy atom. The van der Waals surface area contributed by atoms with Gasteiger partial charge in [0.2, 0.25) is 0 Å². The van der Waals surface area contributed by atoms with E-state index in [1.165, 1.54) is 6.21 Å². The van der Waals surface area contributed by atoms with Crippen molar-refractivity contribution in [3.05, 3.63) is 58.6 Å². The molecule has 6 nitrogen and oxygen atoms in total. The monoisotopic (exact) mass is 373 g/mol. The first kappa shape index (κ1) is 19.5. The fraction of sp³-hybridized carbons (Fsp3) is 0.211. The third-order valence-electron chi connectivity index (χ3n) is 3.40. The van der Waals surface area contributed by atoms with Crippen LogP contribution in [0.1, 0.15) is 24.5 Å². The molecule has 0 aromatic heterocycles. The lowest BCUT2D eigenvalue weighted by Crippen LogP contribution is -2.32. The number of hydrogen-bond acceptors (Lipinski definition) is 4. The second-order valence-corrected chi connectivity index (χ2v) is 5.91. The standard InChI is InChI=1S/C19H20ClN3O3/c1-3-10-26-17-9-8-14(11-15(17)20)12-21-23-19(25)18(24)22-16-7-5-4-6-13(16)2/h4-9,11-12H,3,10H2,1-2H3,(H,22,24)(H,23,25)/b21-12-. The largest absolute Gasteiger partial charge is 0.492 e. The molecule has 0 unspecified atom stereocenters. The molecule has 0 aliphatic heterocycles. The molecule has 2 amide bonds. The zero-order valence-electron chi connectivity index (χ0n) is 14.6. The van der Waals surface area contributed by atoms with E-state index in [1.807, 2.05) is 26.0 Å². The van der Waals surface area contributed by atoms with Crippen LogP contribution in [0.5, 0.6) is 5.75 Å². The highest BCUT2D eigenvalue weighted by molar-refractivity contribution is 6.39. The second-order valence-electron chi connectivity index (χ2n) is 5.51. The van der Waals surface area contributed by atoms with E-state index in [0.717, 1.165) is 12.0 Å². The van der Waals surface area contributed by atoms with Gasteiger partial charge in [0.25, 0.3) is 0 Å². The Morgan fingerprint density at radius 2 is 1.96 bits per heavy atom. The molecule has 0 saturated heterocycles. The van der Waals surface area contributed by atoms with Crippen molar-refractivity contribution in [3.8, 4) is 5.75 Å². The number of halogens is 1. The number of hydrazone groups is 1. The summed E-state index contributed by atoms with van der Waals surface area (Å²) in [5, 5.41) is 6.76. The molecule has 0 saturated carbocycles. The number of benzene rings is 2. The number of anilines is 1. The van der Waals surface area contributed by atoms with Crippen molar-refractivity contribution < 1.29 is 14.3 Å².